The highest BCUT2D eigenvalue weighted by atomic mass is 14.7. The summed E-state index contributed by atoms with van der Waals surface area (Å²) in [6.45, 7) is 0. The second-order valence-corrected chi connectivity index (χ2v) is 1.85. The van der Waals surface area contributed by atoms with Crippen molar-refractivity contribution in [2.75, 3.05) is 17.2 Å². The molecule has 3 heteroatoms. The van der Waals surface area contributed by atoms with Gasteiger partial charge in [0, 0.05) is 0 Å². The van der Waals surface area contributed by atoms with Crippen LogP contribution in [-0.4, -0.2) is 0 Å². The maximum Gasteiger partial charge on any atom is 0.0781 e. The molecule has 0 radical (unpaired) electrons. The molecule has 3 nitrogen and oxygen atoms in total. The van der Waals surface area contributed by atoms with Gasteiger partial charge in [0.05, 0.1) is 17.1 Å². The molecule has 0 aromatic heterocycles. The van der Waals surface area contributed by atoms with Crippen LogP contribution >= 0.6 is 0 Å². The summed E-state index contributed by atoms with van der Waals surface area (Å²) >= 11 is 0. The summed E-state index contributed by atoms with van der Waals surface area (Å²) in [7, 11) is 0. The number of nitrogen functional groups attached to an aromatic ring is 3. The van der Waals surface area contributed by atoms with Crippen molar-refractivity contribution in [2.24, 2.45) is 0 Å². The highest BCUT2D eigenvalue weighted by Gasteiger charge is 1.94. The standard InChI is InChI=1S/C6H9N3.CH4/c7-4-2-1-3-5(8)6(4)9;/h1-3H,7-9H2;1H4. The summed E-state index contributed by atoms with van der Waals surface area (Å²) < 4.78 is 0. The van der Waals surface area contributed by atoms with E-state index < -0.39 is 0 Å². The third kappa shape index (κ3) is 1.31. The number of hydrogen-bond acceptors (Lipinski definition) is 3. The molecule has 0 aliphatic rings. The summed E-state index contributed by atoms with van der Waals surface area (Å²) in [6.07, 6.45) is 0. The molecule has 0 bridgehead atoms. The Morgan fingerprint density at radius 1 is 0.900 bits per heavy atom. The van der Waals surface area contributed by atoms with Crippen molar-refractivity contribution in [1.29, 1.82) is 0 Å². The topological polar surface area (TPSA) is 78.1 Å². The quantitative estimate of drug-likeness (QED) is 0.470. The van der Waals surface area contributed by atoms with Crippen molar-refractivity contribution in [2.45, 2.75) is 7.43 Å². The molecular formula is C7H13N3. The van der Waals surface area contributed by atoms with E-state index >= 15 is 0 Å². The number of rotatable bonds is 0. The molecule has 0 heterocycles. The highest BCUT2D eigenvalue weighted by Crippen LogP contribution is 2.20. The van der Waals surface area contributed by atoms with Gasteiger partial charge in [-0.25, -0.2) is 0 Å². The molecule has 1 aromatic carbocycles. The smallest absolute Gasteiger partial charge is 0.0781 e. The number of benzene rings is 1. The van der Waals surface area contributed by atoms with Crippen LogP contribution in [0.15, 0.2) is 18.2 Å². The van der Waals surface area contributed by atoms with E-state index in [-0.39, 0.29) is 7.43 Å². The van der Waals surface area contributed by atoms with Gasteiger partial charge < -0.3 is 17.2 Å². The van der Waals surface area contributed by atoms with Crippen LogP contribution in [0.3, 0.4) is 0 Å². The number of nitrogens with two attached hydrogens (primary N) is 3. The number of hydrogen-bond donors (Lipinski definition) is 3. The van der Waals surface area contributed by atoms with E-state index in [2.05, 4.69) is 0 Å². The number of anilines is 3. The second kappa shape index (κ2) is 2.96. The van der Waals surface area contributed by atoms with Gasteiger partial charge in [0.15, 0.2) is 0 Å². The maximum atomic E-state index is 5.43. The molecule has 10 heavy (non-hydrogen) atoms. The zero-order valence-electron chi connectivity index (χ0n) is 4.96. The molecule has 0 fully saturated rings. The first-order valence-corrected chi connectivity index (χ1v) is 2.61. The van der Waals surface area contributed by atoms with Crippen LogP contribution in [0.5, 0.6) is 0 Å². The molecule has 0 aliphatic heterocycles. The zero-order chi connectivity index (χ0) is 6.85. The fourth-order valence-corrected chi connectivity index (χ4v) is 0.602. The monoisotopic (exact) mass is 139 g/mol. The van der Waals surface area contributed by atoms with E-state index in [1.807, 2.05) is 0 Å². The Labute approximate surface area is 60.8 Å². The molecule has 6 N–H and O–H groups in total. The predicted octanol–water partition coefficient (Wildman–Crippen LogP) is 1.07. The summed E-state index contributed by atoms with van der Waals surface area (Å²) in [4.78, 5) is 0. The Morgan fingerprint density at radius 3 is 1.60 bits per heavy atom. The van der Waals surface area contributed by atoms with Crippen molar-refractivity contribution in [3.63, 3.8) is 0 Å². The fourth-order valence-electron chi connectivity index (χ4n) is 0.602. The van der Waals surface area contributed by atoms with Gasteiger partial charge in [-0.2, -0.15) is 0 Å². The van der Waals surface area contributed by atoms with Crippen LogP contribution in [0.25, 0.3) is 0 Å². The first-order chi connectivity index (χ1) is 4.22. The van der Waals surface area contributed by atoms with Gasteiger partial charge in [0.2, 0.25) is 0 Å². The van der Waals surface area contributed by atoms with Crippen molar-refractivity contribution < 1.29 is 0 Å². The molecule has 1 aromatic rings. The Kier molecular flexibility index (Phi) is 2.55. The van der Waals surface area contributed by atoms with E-state index in [0.29, 0.717) is 17.1 Å². The van der Waals surface area contributed by atoms with E-state index in [0.717, 1.165) is 0 Å². The van der Waals surface area contributed by atoms with Crippen molar-refractivity contribution >= 4 is 17.1 Å². The van der Waals surface area contributed by atoms with Gasteiger partial charge in [0.1, 0.15) is 0 Å². The van der Waals surface area contributed by atoms with Crippen LogP contribution in [-0.2, 0) is 0 Å². The maximum absolute atomic E-state index is 5.43. The van der Waals surface area contributed by atoms with Crippen LogP contribution in [0.1, 0.15) is 7.43 Å². The average molecular weight is 139 g/mol. The molecule has 1 rings (SSSR count). The third-order valence-corrected chi connectivity index (χ3v) is 1.17. The lowest BCUT2D eigenvalue weighted by molar-refractivity contribution is 1.65. The minimum atomic E-state index is 0. The third-order valence-electron chi connectivity index (χ3n) is 1.17. The Hall–Kier alpha value is -1.38. The molecule has 0 amide bonds. The van der Waals surface area contributed by atoms with E-state index in [1.54, 1.807) is 18.2 Å². The Bertz CT molecular complexity index is 200. The molecule has 0 spiro atoms. The summed E-state index contributed by atoms with van der Waals surface area (Å²) in [5, 5.41) is 0. The molecule has 0 unspecified atom stereocenters. The van der Waals surface area contributed by atoms with Gasteiger partial charge >= 0.3 is 0 Å². The van der Waals surface area contributed by atoms with E-state index in [9.17, 15) is 0 Å². The minimum Gasteiger partial charge on any atom is -0.397 e. The summed E-state index contributed by atoms with van der Waals surface area (Å²) in [5.41, 5.74) is 17.8. The Morgan fingerprint density at radius 2 is 1.30 bits per heavy atom. The second-order valence-electron chi connectivity index (χ2n) is 1.85. The van der Waals surface area contributed by atoms with Crippen LogP contribution in [0.2, 0.25) is 0 Å². The normalized spacial score (nSPS) is 8.40. The van der Waals surface area contributed by atoms with Gasteiger partial charge in [-0.3, -0.25) is 0 Å². The van der Waals surface area contributed by atoms with Crippen molar-refractivity contribution in [3.05, 3.63) is 18.2 Å². The largest absolute Gasteiger partial charge is 0.397 e. The Balaban J connectivity index is 0.000000810. The average Bonchev–Trinajstić information content (AvgIpc) is 1.83. The molecule has 0 saturated carbocycles. The lowest BCUT2D eigenvalue weighted by atomic mass is 10.2. The van der Waals surface area contributed by atoms with E-state index in [4.69, 9.17) is 17.2 Å². The molecule has 56 valence electrons. The van der Waals surface area contributed by atoms with Gasteiger partial charge in [0.25, 0.3) is 0 Å². The molecular weight excluding hydrogens is 126 g/mol. The van der Waals surface area contributed by atoms with Gasteiger partial charge in [-0.05, 0) is 12.1 Å². The van der Waals surface area contributed by atoms with Gasteiger partial charge in [-0.15, -0.1) is 0 Å². The van der Waals surface area contributed by atoms with Crippen LogP contribution in [0, 0.1) is 0 Å². The first kappa shape index (κ1) is 8.62. The minimum absolute atomic E-state index is 0. The lowest BCUT2D eigenvalue weighted by Crippen LogP contribution is -1.98. The van der Waals surface area contributed by atoms with E-state index in [1.165, 1.54) is 0 Å². The highest BCUT2D eigenvalue weighted by molar-refractivity contribution is 5.76. The number of para-hydroxylation sites is 1. The zero-order valence-corrected chi connectivity index (χ0v) is 4.96. The van der Waals surface area contributed by atoms with Crippen molar-refractivity contribution in [1.82, 2.24) is 0 Å². The summed E-state index contributed by atoms with van der Waals surface area (Å²) in [5.74, 6) is 0. The summed E-state index contributed by atoms with van der Waals surface area (Å²) in [6, 6.07) is 5.19. The lowest BCUT2D eigenvalue weighted by Gasteiger charge is -2.00. The van der Waals surface area contributed by atoms with Crippen molar-refractivity contribution in [3.8, 4) is 0 Å². The molecule has 0 aliphatic carbocycles. The molecule has 0 atom stereocenters. The predicted molar refractivity (Wildman–Crippen MR) is 46.4 cm³/mol. The molecule has 0 saturated heterocycles. The van der Waals surface area contributed by atoms with Crippen LogP contribution in [0.4, 0.5) is 17.1 Å². The van der Waals surface area contributed by atoms with Crippen LogP contribution < -0.4 is 17.2 Å². The first-order valence-electron chi connectivity index (χ1n) is 2.61. The fraction of sp³-hybridized carbons (Fsp3) is 0.143. The SMILES string of the molecule is C.Nc1cccc(N)c1N. The van der Waals surface area contributed by atoms with Gasteiger partial charge in [-0.1, -0.05) is 13.5 Å².